The molecule has 0 aromatic heterocycles. The maximum absolute atomic E-state index is 2.40. The number of anilines is 3. The Balaban J connectivity index is 1.15. The molecule has 0 atom stereocenters. The van der Waals surface area contributed by atoms with Crippen LogP contribution in [0.4, 0.5) is 17.1 Å². The molecular weight excluding hydrogens is 663 g/mol. The molecule has 0 unspecified atom stereocenters. The van der Waals surface area contributed by atoms with E-state index in [0.717, 1.165) is 17.1 Å². The van der Waals surface area contributed by atoms with Gasteiger partial charge in [-0.3, -0.25) is 0 Å². The van der Waals surface area contributed by atoms with Gasteiger partial charge in [0.25, 0.3) is 0 Å². The highest BCUT2D eigenvalue weighted by molar-refractivity contribution is 6.08. The Morgan fingerprint density at radius 3 is 1.31 bits per heavy atom. The first-order valence-electron chi connectivity index (χ1n) is 18.9. The van der Waals surface area contributed by atoms with Gasteiger partial charge in [0, 0.05) is 17.1 Å². The van der Waals surface area contributed by atoms with Gasteiger partial charge in [-0.2, -0.15) is 0 Å². The lowest BCUT2D eigenvalue weighted by Gasteiger charge is -2.27. The molecule has 0 aliphatic carbocycles. The van der Waals surface area contributed by atoms with E-state index in [1.54, 1.807) is 0 Å². The van der Waals surface area contributed by atoms with Crippen LogP contribution in [-0.4, -0.2) is 0 Å². The summed E-state index contributed by atoms with van der Waals surface area (Å²) in [5.41, 5.74) is 13.0. The van der Waals surface area contributed by atoms with Crippen molar-refractivity contribution in [3.05, 3.63) is 224 Å². The van der Waals surface area contributed by atoms with Gasteiger partial charge in [0.05, 0.1) is 0 Å². The van der Waals surface area contributed by atoms with Crippen molar-refractivity contribution in [3.8, 4) is 44.5 Å². The average molecular weight is 700 g/mol. The van der Waals surface area contributed by atoms with Crippen LogP contribution in [0, 0.1) is 0 Å². The molecule has 0 bridgehead atoms. The molecule has 0 saturated heterocycles. The van der Waals surface area contributed by atoms with Gasteiger partial charge in [-0.05, 0) is 113 Å². The van der Waals surface area contributed by atoms with Crippen LogP contribution in [0.2, 0.25) is 0 Å². The first-order chi connectivity index (χ1) is 27.3. The fourth-order valence-electron chi connectivity index (χ4n) is 8.22. The second-order valence-corrected chi connectivity index (χ2v) is 14.1. The number of hydrogen-bond donors (Lipinski definition) is 0. The monoisotopic (exact) mass is 699 g/mol. The molecule has 10 aromatic carbocycles. The van der Waals surface area contributed by atoms with E-state index < -0.39 is 0 Å². The summed E-state index contributed by atoms with van der Waals surface area (Å²) in [4.78, 5) is 2.40. The van der Waals surface area contributed by atoms with E-state index in [1.165, 1.54) is 76.8 Å². The zero-order valence-corrected chi connectivity index (χ0v) is 30.3. The predicted octanol–water partition coefficient (Wildman–Crippen LogP) is 15.3. The molecule has 258 valence electrons. The molecule has 0 N–H and O–H groups in total. The second-order valence-electron chi connectivity index (χ2n) is 14.1. The van der Waals surface area contributed by atoms with Crippen molar-refractivity contribution in [2.45, 2.75) is 0 Å². The van der Waals surface area contributed by atoms with Gasteiger partial charge in [-0.15, -0.1) is 0 Å². The van der Waals surface area contributed by atoms with Crippen molar-refractivity contribution in [1.82, 2.24) is 0 Å². The molecule has 0 fully saturated rings. The minimum absolute atomic E-state index is 1.10. The smallest absolute Gasteiger partial charge is 0.0474 e. The fraction of sp³-hybridized carbons (Fsp3) is 0. The molecular formula is C54H37N. The quantitative estimate of drug-likeness (QED) is 0.160. The van der Waals surface area contributed by atoms with E-state index in [0.29, 0.717) is 0 Å². The molecule has 0 aliphatic heterocycles. The minimum Gasteiger partial charge on any atom is -0.310 e. The van der Waals surface area contributed by atoms with Crippen LogP contribution < -0.4 is 4.90 Å². The van der Waals surface area contributed by atoms with Crippen LogP contribution in [-0.2, 0) is 0 Å². The zero-order chi connectivity index (χ0) is 36.6. The highest BCUT2D eigenvalue weighted by Gasteiger charge is 2.18. The molecule has 10 aromatic rings. The lowest BCUT2D eigenvalue weighted by molar-refractivity contribution is 1.29. The standard InChI is InChI=1S/C54H37N/c1-3-14-38(15-4-1)39-28-32-45(33-29-39)55(47-36-44-19-8-10-24-49(44)53(37-47)52-27-11-20-40-18-7-9-23-48(40)52)46-34-30-42(31-35-46)51-26-13-22-43-21-12-25-50(54(43)51)41-16-5-2-6-17-41/h1-37H. The molecule has 0 radical (unpaired) electrons. The molecule has 1 nitrogen and oxygen atoms in total. The lowest BCUT2D eigenvalue weighted by atomic mass is 9.91. The Bertz CT molecular complexity index is 2940. The molecule has 55 heavy (non-hydrogen) atoms. The van der Waals surface area contributed by atoms with Crippen LogP contribution in [0.15, 0.2) is 224 Å². The molecule has 0 heterocycles. The van der Waals surface area contributed by atoms with Gasteiger partial charge in [0.15, 0.2) is 0 Å². The third kappa shape index (κ3) is 6.02. The van der Waals surface area contributed by atoms with Crippen molar-refractivity contribution in [2.24, 2.45) is 0 Å². The van der Waals surface area contributed by atoms with Crippen LogP contribution in [0.3, 0.4) is 0 Å². The van der Waals surface area contributed by atoms with Crippen molar-refractivity contribution >= 4 is 49.4 Å². The molecule has 10 rings (SSSR count). The first-order valence-corrected chi connectivity index (χ1v) is 18.9. The summed E-state index contributed by atoms with van der Waals surface area (Å²) in [6, 6.07) is 81.5. The van der Waals surface area contributed by atoms with Gasteiger partial charge < -0.3 is 4.90 Å². The number of nitrogens with zero attached hydrogens (tertiary/aromatic N) is 1. The van der Waals surface area contributed by atoms with E-state index in [2.05, 4.69) is 229 Å². The van der Waals surface area contributed by atoms with Gasteiger partial charge in [-0.25, -0.2) is 0 Å². The van der Waals surface area contributed by atoms with Crippen LogP contribution in [0.25, 0.3) is 76.8 Å². The molecule has 0 aliphatic rings. The highest BCUT2D eigenvalue weighted by atomic mass is 15.1. The summed E-state index contributed by atoms with van der Waals surface area (Å²) >= 11 is 0. The van der Waals surface area contributed by atoms with E-state index >= 15 is 0 Å². The fourth-order valence-corrected chi connectivity index (χ4v) is 8.22. The largest absolute Gasteiger partial charge is 0.310 e. The van der Waals surface area contributed by atoms with E-state index in [4.69, 9.17) is 0 Å². The minimum atomic E-state index is 1.10. The highest BCUT2D eigenvalue weighted by Crippen LogP contribution is 2.43. The molecule has 0 amide bonds. The summed E-state index contributed by atoms with van der Waals surface area (Å²) in [6.07, 6.45) is 0. The summed E-state index contributed by atoms with van der Waals surface area (Å²) in [5, 5.41) is 7.44. The van der Waals surface area contributed by atoms with Crippen molar-refractivity contribution in [3.63, 3.8) is 0 Å². The van der Waals surface area contributed by atoms with E-state index in [-0.39, 0.29) is 0 Å². The number of rotatable bonds is 7. The Hall–Kier alpha value is -7.22. The molecule has 0 spiro atoms. The summed E-state index contributed by atoms with van der Waals surface area (Å²) in [5.74, 6) is 0. The molecule has 1 heteroatoms. The van der Waals surface area contributed by atoms with Crippen LogP contribution in [0.1, 0.15) is 0 Å². The number of fused-ring (bicyclic) bond motifs is 3. The Morgan fingerprint density at radius 1 is 0.236 bits per heavy atom. The third-order valence-electron chi connectivity index (χ3n) is 10.8. The van der Waals surface area contributed by atoms with Crippen LogP contribution in [0.5, 0.6) is 0 Å². The Labute approximate surface area is 322 Å². The SMILES string of the molecule is c1ccc(-c2ccc(N(c3ccc(-c4cccc5cccc(-c6ccccc6)c45)cc3)c3cc(-c4cccc5ccccc45)c4ccccc4c3)cc2)cc1. The van der Waals surface area contributed by atoms with E-state index in [1.807, 2.05) is 0 Å². The predicted molar refractivity (Wildman–Crippen MR) is 235 cm³/mol. The Morgan fingerprint density at radius 2 is 0.673 bits per heavy atom. The van der Waals surface area contributed by atoms with Crippen molar-refractivity contribution < 1.29 is 0 Å². The summed E-state index contributed by atoms with van der Waals surface area (Å²) in [6.45, 7) is 0. The topological polar surface area (TPSA) is 3.24 Å². The maximum atomic E-state index is 2.40. The Kier molecular flexibility index (Phi) is 8.24. The normalized spacial score (nSPS) is 11.3. The van der Waals surface area contributed by atoms with Gasteiger partial charge in [0.1, 0.15) is 0 Å². The lowest BCUT2D eigenvalue weighted by Crippen LogP contribution is -2.10. The molecule has 0 saturated carbocycles. The number of benzene rings is 10. The average Bonchev–Trinajstić information content (AvgIpc) is 3.27. The van der Waals surface area contributed by atoms with E-state index in [9.17, 15) is 0 Å². The number of hydrogen-bond acceptors (Lipinski definition) is 1. The van der Waals surface area contributed by atoms with Crippen LogP contribution >= 0.6 is 0 Å². The second kappa shape index (κ2) is 14.0. The van der Waals surface area contributed by atoms with Crippen molar-refractivity contribution in [2.75, 3.05) is 4.90 Å². The first kappa shape index (κ1) is 32.4. The third-order valence-corrected chi connectivity index (χ3v) is 10.8. The summed E-state index contributed by atoms with van der Waals surface area (Å²) in [7, 11) is 0. The van der Waals surface area contributed by atoms with Gasteiger partial charge in [0.2, 0.25) is 0 Å². The summed E-state index contributed by atoms with van der Waals surface area (Å²) < 4.78 is 0. The zero-order valence-electron chi connectivity index (χ0n) is 30.3. The maximum Gasteiger partial charge on any atom is 0.0474 e. The van der Waals surface area contributed by atoms with Gasteiger partial charge in [-0.1, -0.05) is 188 Å². The van der Waals surface area contributed by atoms with Crippen molar-refractivity contribution in [1.29, 1.82) is 0 Å². The van der Waals surface area contributed by atoms with Gasteiger partial charge >= 0.3 is 0 Å².